The maximum Gasteiger partial charge on any atom is 0.417 e. The minimum absolute atomic E-state index is 0.0122. The number of hydrogen-bond acceptors (Lipinski definition) is 2. The summed E-state index contributed by atoms with van der Waals surface area (Å²) in [4.78, 5) is 13.9. The van der Waals surface area contributed by atoms with Gasteiger partial charge in [-0.25, -0.2) is 0 Å². The molecular weight excluding hydrogens is 349 g/mol. The summed E-state index contributed by atoms with van der Waals surface area (Å²) in [5, 5.41) is 2.63. The zero-order chi connectivity index (χ0) is 16.0. The van der Waals surface area contributed by atoms with E-state index in [9.17, 15) is 18.0 Å². The normalized spacial score (nSPS) is 11.8. The number of amides is 1. The van der Waals surface area contributed by atoms with Crippen molar-refractivity contribution < 1.29 is 18.0 Å². The molecule has 1 N–H and O–H groups in total. The van der Waals surface area contributed by atoms with E-state index >= 15 is 0 Å². The lowest BCUT2D eigenvalue weighted by atomic mass is 10.1. The van der Waals surface area contributed by atoms with Crippen LogP contribution in [-0.4, -0.2) is 38.0 Å². The van der Waals surface area contributed by atoms with Crippen LogP contribution >= 0.6 is 15.9 Å². The molecule has 0 aliphatic heterocycles. The fourth-order valence-corrected chi connectivity index (χ4v) is 2.21. The van der Waals surface area contributed by atoms with E-state index in [4.69, 9.17) is 0 Å². The Hall–Kier alpha value is -1.08. The number of rotatable bonds is 6. The lowest BCUT2D eigenvalue weighted by molar-refractivity contribution is -0.138. The summed E-state index contributed by atoms with van der Waals surface area (Å²) >= 11 is 2.85. The third-order valence-corrected chi connectivity index (χ3v) is 3.54. The van der Waals surface area contributed by atoms with Crippen molar-refractivity contribution in [3.05, 3.63) is 33.8 Å². The molecule has 1 aromatic carbocycles. The third kappa shape index (κ3) is 6.05. The van der Waals surface area contributed by atoms with Crippen LogP contribution in [0, 0.1) is 0 Å². The molecule has 0 saturated carbocycles. The number of alkyl halides is 3. The molecule has 1 aromatic rings. The number of benzene rings is 1. The zero-order valence-electron chi connectivity index (χ0n) is 11.9. The molecule has 0 bridgehead atoms. The Morgan fingerprint density at radius 2 is 1.95 bits per heavy atom. The van der Waals surface area contributed by atoms with Crippen LogP contribution in [0.3, 0.4) is 0 Å². The predicted octanol–water partition coefficient (Wildman–Crippen LogP) is 3.54. The summed E-state index contributed by atoms with van der Waals surface area (Å²) in [6, 6.07) is 3.47. The fourth-order valence-electron chi connectivity index (χ4n) is 1.74. The van der Waals surface area contributed by atoms with Crippen LogP contribution in [0.1, 0.15) is 28.8 Å². The Bertz CT molecular complexity index is 490. The van der Waals surface area contributed by atoms with Gasteiger partial charge in [0.2, 0.25) is 0 Å². The Kier molecular flexibility index (Phi) is 6.67. The van der Waals surface area contributed by atoms with Crippen LogP contribution < -0.4 is 5.32 Å². The molecule has 0 unspecified atom stereocenters. The molecule has 0 heterocycles. The average Bonchev–Trinajstić information content (AvgIpc) is 2.36. The first-order valence-electron chi connectivity index (χ1n) is 6.51. The highest BCUT2D eigenvalue weighted by Crippen LogP contribution is 2.35. The molecule has 0 spiro atoms. The minimum atomic E-state index is -4.49. The van der Waals surface area contributed by atoms with E-state index in [1.807, 2.05) is 19.0 Å². The summed E-state index contributed by atoms with van der Waals surface area (Å²) in [6.07, 6.45) is -2.78. The monoisotopic (exact) mass is 366 g/mol. The topological polar surface area (TPSA) is 32.3 Å². The van der Waals surface area contributed by atoms with Gasteiger partial charge in [-0.2, -0.15) is 13.2 Å². The molecule has 3 nitrogen and oxygen atoms in total. The van der Waals surface area contributed by atoms with Crippen molar-refractivity contribution in [2.75, 3.05) is 27.2 Å². The van der Waals surface area contributed by atoms with E-state index in [-0.39, 0.29) is 10.0 Å². The van der Waals surface area contributed by atoms with Crippen molar-refractivity contribution in [2.45, 2.75) is 19.0 Å². The van der Waals surface area contributed by atoms with Gasteiger partial charge >= 0.3 is 6.18 Å². The number of hydrogen-bond donors (Lipinski definition) is 1. The van der Waals surface area contributed by atoms with Crippen molar-refractivity contribution in [3.8, 4) is 0 Å². The van der Waals surface area contributed by atoms with Crippen molar-refractivity contribution in [1.82, 2.24) is 10.2 Å². The summed E-state index contributed by atoms with van der Waals surface area (Å²) in [5.41, 5.74) is -0.833. The van der Waals surface area contributed by atoms with Gasteiger partial charge in [-0.3, -0.25) is 4.79 Å². The highest BCUT2D eigenvalue weighted by atomic mass is 79.9. The molecule has 0 radical (unpaired) electrons. The van der Waals surface area contributed by atoms with Crippen molar-refractivity contribution >= 4 is 21.8 Å². The molecule has 7 heteroatoms. The number of unbranched alkanes of at least 4 members (excludes halogenated alkanes) is 1. The first kappa shape index (κ1) is 18.0. The van der Waals surface area contributed by atoms with E-state index < -0.39 is 17.6 Å². The number of nitrogens with one attached hydrogen (secondary N) is 1. The van der Waals surface area contributed by atoms with Crippen LogP contribution in [0.2, 0.25) is 0 Å². The lowest BCUT2D eigenvalue weighted by Gasteiger charge is -2.12. The number of halogens is 4. The van der Waals surface area contributed by atoms with E-state index in [1.54, 1.807) is 0 Å². The predicted molar refractivity (Wildman–Crippen MR) is 79.3 cm³/mol. The first-order chi connectivity index (χ1) is 9.71. The van der Waals surface area contributed by atoms with E-state index in [0.29, 0.717) is 6.54 Å². The van der Waals surface area contributed by atoms with Gasteiger partial charge in [0, 0.05) is 16.6 Å². The number of carbonyl (C=O) groups is 1. The van der Waals surface area contributed by atoms with Gasteiger partial charge in [-0.15, -0.1) is 0 Å². The van der Waals surface area contributed by atoms with Crippen molar-refractivity contribution in [3.63, 3.8) is 0 Å². The average molecular weight is 367 g/mol. The first-order valence-corrected chi connectivity index (χ1v) is 7.31. The van der Waals surface area contributed by atoms with Crippen molar-refractivity contribution in [1.29, 1.82) is 0 Å². The van der Waals surface area contributed by atoms with Crippen LogP contribution in [0.5, 0.6) is 0 Å². The largest absolute Gasteiger partial charge is 0.417 e. The molecule has 0 aliphatic carbocycles. The highest BCUT2D eigenvalue weighted by molar-refractivity contribution is 9.10. The summed E-state index contributed by atoms with van der Waals surface area (Å²) in [5.74, 6) is -0.488. The van der Waals surface area contributed by atoms with Gasteiger partial charge in [-0.1, -0.05) is 15.9 Å². The van der Waals surface area contributed by atoms with Gasteiger partial charge in [0.05, 0.1) is 5.56 Å². The minimum Gasteiger partial charge on any atom is -0.352 e. The third-order valence-electron chi connectivity index (χ3n) is 2.85. The maximum atomic E-state index is 12.8. The van der Waals surface area contributed by atoms with Gasteiger partial charge in [-0.05, 0) is 51.7 Å². The van der Waals surface area contributed by atoms with Gasteiger partial charge in [0.1, 0.15) is 0 Å². The molecular formula is C14H18BrF3N2O. The summed E-state index contributed by atoms with van der Waals surface area (Å²) in [6.45, 7) is 1.36. The zero-order valence-corrected chi connectivity index (χ0v) is 13.5. The molecule has 21 heavy (non-hydrogen) atoms. The lowest BCUT2D eigenvalue weighted by Crippen LogP contribution is -2.25. The molecule has 118 valence electrons. The Morgan fingerprint density at radius 1 is 1.29 bits per heavy atom. The van der Waals surface area contributed by atoms with E-state index in [1.165, 1.54) is 12.1 Å². The Balaban J connectivity index is 2.59. The van der Waals surface area contributed by atoms with E-state index in [0.717, 1.165) is 25.5 Å². The molecule has 1 amide bonds. The van der Waals surface area contributed by atoms with Crippen LogP contribution in [0.4, 0.5) is 13.2 Å². The highest BCUT2D eigenvalue weighted by Gasteiger charge is 2.33. The molecule has 0 fully saturated rings. The fraction of sp³-hybridized carbons (Fsp3) is 0.500. The second-order valence-corrected chi connectivity index (χ2v) is 5.81. The summed E-state index contributed by atoms with van der Waals surface area (Å²) < 4.78 is 38.2. The molecule has 0 aromatic heterocycles. The van der Waals surface area contributed by atoms with Gasteiger partial charge < -0.3 is 10.2 Å². The quantitative estimate of drug-likeness (QED) is 0.781. The SMILES string of the molecule is CN(C)CCCCNC(=O)c1ccc(Br)c(C(F)(F)F)c1. The molecule has 1 rings (SSSR count). The smallest absolute Gasteiger partial charge is 0.352 e. The second kappa shape index (κ2) is 7.79. The van der Waals surface area contributed by atoms with Gasteiger partial charge in [0.25, 0.3) is 5.91 Å². The molecule has 0 saturated heterocycles. The van der Waals surface area contributed by atoms with Gasteiger partial charge in [0.15, 0.2) is 0 Å². The van der Waals surface area contributed by atoms with Crippen LogP contribution in [-0.2, 0) is 6.18 Å². The standard InChI is InChI=1S/C14H18BrF3N2O/c1-20(2)8-4-3-7-19-13(21)10-5-6-12(15)11(9-10)14(16,17)18/h5-6,9H,3-4,7-8H2,1-2H3,(H,19,21). The number of nitrogens with zero attached hydrogens (tertiary/aromatic N) is 1. The Labute approximate surface area is 130 Å². The van der Waals surface area contributed by atoms with E-state index in [2.05, 4.69) is 21.2 Å². The van der Waals surface area contributed by atoms with Crippen molar-refractivity contribution in [2.24, 2.45) is 0 Å². The summed E-state index contributed by atoms with van der Waals surface area (Å²) in [7, 11) is 3.91. The molecule has 0 aliphatic rings. The van der Waals surface area contributed by atoms with Crippen LogP contribution in [0.15, 0.2) is 22.7 Å². The maximum absolute atomic E-state index is 12.8. The Morgan fingerprint density at radius 3 is 2.52 bits per heavy atom. The number of carbonyl (C=O) groups excluding carboxylic acids is 1. The second-order valence-electron chi connectivity index (χ2n) is 4.96. The van der Waals surface area contributed by atoms with Crippen LogP contribution in [0.25, 0.3) is 0 Å². The molecule has 0 atom stereocenters.